The number of benzene rings is 1. The molecule has 1 unspecified atom stereocenters. The van der Waals surface area contributed by atoms with Crippen molar-refractivity contribution in [2.24, 2.45) is 23.2 Å². The first-order valence-electron chi connectivity index (χ1n) is 10.4. The molecule has 1 aliphatic heterocycles. The lowest BCUT2D eigenvalue weighted by Gasteiger charge is -2.43. The van der Waals surface area contributed by atoms with E-state index in [-0.39, 0.29) is 28.4 Å². The maximum Gasteiger partial charge on any atom is 0.157 e. The van der Waals surface area contributed by atoms with E-state index in [2.05, 4.69) is 27.7 Å². The third kappa shape index (κ3) is 2.44. The lowest BCUT2D eigenvalue weighted by molar-refractivity contribution is 0.0145. The molecule has 4 atom stereocenters. The molecule has 2 N–H and O–H groups in total. The van der Waals surface area contributed by atoms with E-state index in [0.717, 1.165) is 32.1 Å². The average molecular weight is 386 g/mol. The SMILES string of the molecule is CC(C)CC1C[C@@]2(CC[C@@]3(C(C)C)C[C@@H]23)Oc2c(C=O)c(O)c(C=O)c(O)c21. The van der Waals surface area contributed by atoms with E-state index < -0.39 is 5.75 Å². The van der Waals surface area contributed by atoms with Crippen molar-refractivity contribution in [1.82, 2.24) is 0 Å². The highest BCUT2D eigenvalue weighted by Gasteiger charge is 2.71. The Morgan fingerprint density at radius 1 is 1.04 bits per heavy atom. The first kappa shape index (κ1) is 19.3. The molecule has 2 saturated carbocycles. The lowest BCUT2D eigenvalue weighted by Crippen LogP contribution is -2.42. The molecule has 0 saturated heterocycles. The largest absolute Gasteiger partial charge is 0.507 e. The van der Waals surface area contributed by atoms with Gasteiger partial charge in [0.05, 0.1) is 11.1 Å². The van der Waals surface area contributed by atoms with Gasteiger partial charge in [0.1, 0.15) is 22.8 Å². The standard InChI is InChI=1S/C23H30O5/c1-12(2)7-14-8-23(6-5-22(13(3)4)9-17(22)23)28-21-16(11-25)19(26)15(10-24)20(27)18(14)21/h10-14,17,26-27H,5-9H2,1-4H3/t14?,17-,22+,23-/m1/s1. The fourth-order valence-corrected chi connectivity index (χ4v) is 6.23. The number of aromatic hydroxyl groups is 2. The highest BCUT2D eigenvalue weighted by atomic mass is 16.5. The van der Waals surface area contributed by atoms with Crippen molar-refractivity contribution < 1.29 is 24.5 Å². The van der Waals surface area contributed by atoms with Crippen LogP contribution in [0.5, 0.6) is 17.2 Å². The molecule has 0 aromatic heterocycles. The summed E-state index contributed by atoms with van der Waals surface area (Å²) < 4.78 is 6.54. The number of phenols is 2. The van der Waals surface area contributed by atoms with Gasteiger partial charge >= 0.3 is 0 Å². The summed E-state index contributed by atoms with van der Waals surface area (Å²) in [6, 6.07) is 0. The maximum absolute atomic E-state index is 11.8. The number of ether oxygens (including phenoxy) is 1. The van der Waals surface area contributed by atoms with Gasteiger partial charge in [-0.05, 0) is 55.3 Å². The molecule has 3 aliphatic rings. The molecule has 1 aromatic carbocycles. The number of phenolic OH excluding ortho intramolecular Hbond substituents is 2. The first-order chi connectivity index (χ1) is 13.2. The van der Waals surface area contributed by atoms with Gasteiger partial charge in [0.25, 0.3) is 0 Å². The Hall–Kier alpha value is -2.04. The summed E-state index contributed by atoms with van der Waals surface area (Å²) in [6.07, 6.45) is 5.74. The number of fused-ring (bicyclic) bond motifs is 3. The molecular formula is C23H30O5. The predicted molar refractivity (Wildman–Crippen MR) is 105 cm³/mol. The minimum atomic E-state index is -0.481. The van der Waals surface area contributed by atoms with Crippen LogP contribution in [0, 0.1) is 23.2 Å². The van der Waals surface area contributed by atoms with Crippen LogP contribution in [0.1, 0.15) is 92.0 Å². The van der Waals surface area contributed by atoms with Crippen LogP contribution in [-0.4, -0.2) is 28.4 Å². The third-order valence-electron chi connectivity index (χ3n) is 7.72. The number of hydrogen-bond acceptors (Lipinski definition) is 5. The molecular weight excluding hydrogens is 356 g/mol. The van der Waals surface area contributed by atoms with Gasteiger partial charge in [0.2, 0.25) is 0 Å². The van der Waals surface area contributed by atoms with Crippen LogP contribution >= 0.6 is 0 Å². The quantitative estimate of drug-likeness (QED) is 0.708. The van der Waals surface area contributed by atoms with Crippen molar-refractivity contribution in [3.8, 4) is 17.2 Å². The number of carbonyl (C=O) groups is 2. The zero-order chi connectivity index (χ0) is 20.4. The normalized spacial score (nSPS) is 32.9. The van der Waals surface area contributed by atoms with Crippen molar-refractivity contribution in [2.45, 2.75) is 71.3 Å². The van der Waals surface area contributed by atoms with Gasteiger partial charge in [-0.25, -0.2) is 0 Å². The Morgan fingerprint density at radius 2 is 1.71 bits per heavy atom. The summed E-state index contributed by atoms with van der Waals surface area (Å²) in [6.45, 7) is 8.80. The fourth-order valence-electron chi connectivity index (χ4n) is 6.23. The van der Waals surface area contributed by atoms with E-state index in [1.165, 1.54) is 0 Å². The summed E-state index contributed by atoms with van der Waals surface area (Å²) in [4.78, 5) is 23.3. The van der Waals surface area contributed by atoms with Gasteiger partial charge in [-0.3, -0.25) is 9.59 Å². The van der Waals surface area contributed by atoms with Crippen LogP contribution in [-0.2, 0) is 0 Å². The molecule has 5 nitrogen and oxygen atoms in total. The molecule has 152 valence electrons. The van der Waals surface area contributed by atoms with E-state index in [0.29, 0.717) is 47.1 Å². The van der Waals surface area contributed by atoms with Gasteiger partial charge in [-0.1, -0.05) is 27.7 Å². The third-order valence-corrected chi connectivity index (χ3v) is 7.72. The summed E-state index contributed by atoms with van der Waals surface area (Å²) in [5, 5.41) is 21.2. The number of hydrogen-bond donors (Lipinski definition) is 2. The highest BCUT2D eigenvalue weighted by Crippen LogP contribution is 2.74. The number of rotatable bonds is 5. The minimum Gasteiger partial charge on any atom is -0.507 e. The Balaban J connectivity index is 1.88. The van der Waals surface area contributed by atoms with E-state index >= 15 is 0 Å². The molecule has 0 radical (unpaired) electrons. The van der Waals surface area contributed by atoms with Crippen molar-refractivity contribution >= 4 is 12.6 Å². The van der Waals surface area contributed by atoms with E-state index in [1.807, 2.05) is 0 Å². The molecule has 4 rings (SSSR count). The van der Waals surface area contributed by atoms with Crippen LogP contribution in [0.4, 0.5) is 0 Å². The molecule has 5 heteroatoms. The summed E-state index contributed by atoms with van der Waals surface area (Å²) >= 11 is 0. The van der Waals surface area contributed by atoms with Gasteiger partial charge < -0.3 is 14.9 Å². The minimum absolute atomic E-state index is 0.00886. The highest BCUT2D eigenvalue weighted by molar-refractivity contribution is 5.95. The van der Waals surface area contributed by atoms with E-state index in [1.54, 1.807) is 0 Å². The molecule has 2 fully saturated rings. The van der Waals surface area contributed by atoms with Gasteiger partial charge in [-0.15, -0.1) is 0 Å². The van der Waals surface area contributed by atoms with Crippen LogP contribution < -0.4 is 4.74 Å². The van der Waals surface area contributed by atoms with Crippen LogP contribution in [0.2, 0.25) is 0 Å². The summed E-state index contributed by atoms with van der Waals surface area (Å²) in [7, 11) is 0. The van der Waals surface area contributed by atoms with Crippen LogP contribution in [0.3, 0.4) is 0 Å². The zero-order valence-electron chi connectivity index (χ0n) is 17.1. The van der Waals surface area contributed by atoms with Gasteiger partial charge in [0.15, 0.2) is 12.6 Å². The Kier molecular flexibility index (Phi) is 4.29. The average Bonchev–Trinajstić information content (AvgIpc) is 3.30. The van der Waals surface area contributed by atoms with E-state index in [4.69, 9.17) is 4.74 Å². The van der Waals surface area contributed by atoms with Crippen LogP contribution in [0.15, 0.2) is 0 Å². The Bertz CT molecular complexity index is 842. The maximum atomic E-state index is 11.8. The molecule has 0 bridgehead atoms. The molecule has 1 heterocycles. The molecule has 28 heavy (non-hydrogen) atoms. The second-order valence-corrected chi connectivity index (χ2v) is 9.85. The Labute approximate surface area is 166 Å². The van der Waals surface area contributed by atoms with Crippen molar-refractivity contribution in [1.29, 1.82) is 0 Å². The predicted octanol–water partition coefficient (Wildman–Crippen LogP) is 4.83. The number of aldehydes is 2. The van der Waals surface area contributed by atoms with Gasteiger partial charge in [0, 0.05) is 11.5 Å². The fraction of sp³-hybridized carbons (Fsp3) is 0.652. The molecule has 1 aromatic rings. The second kappa shape index (κ2) is 6.23. The molecule has 1 spiro atoms. The first-order valence-corrected chi connectivity index (χ1v) is 10.4. The zero-order valence-corrected chi connectivity index (χ0v) is 17.1. The van der Waals surface area contributed by atoms with Crippen molar-refractivity contribution in [3.05, 3.63) is 16.7 Å². The van der Waals surface area contributed by atoms with E-state index in [9.17, 15) is 19.8 Å². The molecule has 0 amide bonds. The Morgan fingerprint density at radius 3 is 2.21 bits per heavy atom. The van der Waals surface area contributed by atoms with Gasteiger partial charge in [-0.2, -0.15) is 0 Å². The summed E-state index contributed by atoms with van der Waals surface area (Å²) in [5.74, 6) is 0.968. The monoisotopic (exact) mass is 386 g/mol. The lowest BCUT2D eigenvalue weighted by atomic mass is 9.75. The topological polar surface area (TPSA) is 83.8 Å². The summed E-state index contributed by atoms with van der Waals surface area (Å²) in [5.41, 5.74) is 0.252. The second-order valence-electron chi connectivity index (χ2n) is 9.85. The van der Waals surface area contributed by atoms with Crippen molar-refractivity contribution in [2.75, 3.05) is 0 Å². The smallest absolute Gasteiger partial charge is 0.157 e. The number of carbonyl (C=O) groups excluding carboxylic acids is 2. The van der Waals surface area contributed by atoms with Crippen molar-refractivity contribution in [3.63, 3.8) is 0 Å². The van der Waals surface area contributed by atoms with Crippen LogP contribution in [0.25, 0.3) is 0 Å². The molecule has 2 aliphatic carbocycles.